The number of allylic oxidation sites excluding steroid dienone is 1. The molecule has 6 heteroatoms. The van der Waals surface area contributed by atoms with Gasteiger partial charge in [-0.25, -0.2) is 0 Å². The van der Waals surface area contributed by atoms with Crippen LogP contribution in [0.15, 0.2) is 23.8 Å². The summed E-state index contributed by atoms with van der Waals surface area (Å²) in [5, 5.41) is 43.7. The highest BCUT2D eigenvalue weighted by Crippen LogP contribution is 2.70. The van der Waals surface area contributed by atoms with Crippen molar-refractivity contribution in [2.24, 2.45) is 40.4 Å². The lowest BCUT2D eigenvalue weighted by Crippen LogP contribution is -2.63. The van der Waals surface area contributed by atoms with Gasteiger partial charge in [0.15, 0.2) is 5.79 Å². The van der Waals surface area contributed by atoms with Crippen molar-refractivity contribution in [2.45, 2.75) is 95.6 Å². The Labute approximate surface area is 196 Å². The van der Waals surface area contributed by atoms with E-state index < -0.39 is 35.6 Å². The van der Waals surface area contributed by atoms with Crippen molar-refractivity contribution in [1.29, 1.82) is 0 Å². The maximum atomic E-state index is 11.8. The molecule has 1 spiro atoms. The second-order valence-corrected chi connectivity index (χ2v) is 12.5. The third kappa shape index (κ3) is 2.71. The maximum absolute atomic E-state index is 11.8. The largest absolute Gasteiger partial charge is 0.393 e. The zero-order chi connectivity index (χ0) is 23.5. The molecular weight excluding hydrogens is 420 g/mol. The van der Waals surface area contributed by atoms with Gasteiger partial charge in [-0.15, -0.1) is 0 Å². The molecule has 0 unspecified atom stereocenters. The zero-order valence-corrected chi connectivity index (χ0v) is 20.1. The van der Waals surface area contributed by atoms with E-state index in [1.807, 2.05) is 6.92 Å². The molecule has 3 saturated carbocycles. The Kier molecular flexibility index (Phi) is 4.91. The minimum Gasteiger partial charge on any atom is -0.393 e. The van der Waals surface area contributed by atoms with E-state index in [2.05, 4.69) is 26.5 Å². The van der Waals surface area contributed by atoms with Crippen LogP contribution in [0.1, 0.15) is 59.3 Å². The molecule has 0 aromatic carbocycles. The first kappa shape index (κ1) is 22.7. The highest BCUT2D eigenvalue weighted by atomic mass is 16.7. The summed E-state index contributed by atoms with van der Waals surface area (Å²) in [5.41, 5.74) is 1.27. The van der Waals surface area contributed by atoms with Crippen LogP contribution in [0.2, 0.25) is 0 Å². The van der Waals surface area contributed by atoms with Gasteiger partial charge in [0.05, 0.1) is 31.0 Å². The highest BCUT2D eigenvalue weighted by Gasteiger charge is 2.71. The van der Waals surface area contributed by atoms with Crippen molar-refractivity contribution in [3.63, 3.8) is 0 Å². The van der Waals surface area contributed by atoms with Crippen LogP contribution < -0.4 is 0 Å². The third-order valence-corrected chi connectivity index (χ3v) is 11.4. The second-order valence-electron chi connectivity index (χ2n) is 12.5. The molecule has 6 rings (SSSR count). The minimum absolute atomic E-state index is 0.0663. The number of aliphatic hydroxyl groups is 4. The molecule has 0 radical (unpaired) electrons. The number of ether oxygens (including phenoxy) is 2. The molecule has 5 fully saturated rings. The predicted molar refractivity (Wildman–Crippen MR) is 122 cm³/mol. The lowest BCUT2D eigenvalue weighted by Gasteiger charge is -2.61. The van der Waals surface area contributed by atoms with Gasteiger partial charge in [-0.3, -0.25) is 0 Å². The first-order valence-corrected chi connectivity index (χ1v) is 12.9. The molecule has 2 heterocycles. The Morgan fingerprint density at radius 1 is 1.09 bits per heavy atom. The number of hydrogen-bond acceptors (Lipinski definition) is 6. The molecule has 0 amide bonds. The van der Waals surface area contributed by atoms with Crippen molar-refractivity contribution in [3.05, 3.63) is 23.8 Å². The molecule has 13 atom stereocenters. The van der Waals surface area contributed by atoms with Crippen LogP contribution in [-0.4, -0.2) is 63.3 Å². The van der Waals surface area contributed by atoms with Gasteiger partial charge in [-0.1, -0.05) is 44.6 Å². The number of aliphatic hydroxyl groups excluding tert-OH is 4. The molecule has 6 nitrogen and oxygen atoms in total. The van der Waals surface area contributed by atoms with Crippen molar-refractivity contribution in [2.75, 3.05) is 6.61 Å². The fourth-order valence-electron chi connectivity index (χ4n) is 9.52. The van der Waals surface area contributed by atoms with E-state index >= 15 is 0 Å². The van der Waals surface area contributed by atoms with E-state index in [-0.39, 0.29) is 35.2 Å². The van der Waals surface area contributed by atoms with Crippen molar-refractivity contribution in [3.8, 4) is 0 Å². The average molecular weight is 461 g/mol. The molecule has 0 bridgehead atoms. The standard InChI is InChI=1S/C27H40O6/c1-13-7-8-27(32-12-13)14(2)22-20(33-27)10-17-16-6-5-15-9-19(28)23(30)24(31)25(15,3)18(16)11-21(29)26(17,22)4/h5,14,16-24,28-31H,1,6-12H2,2-4H3/t14-,16-,17-,18-,19+,20-,21+,22-,23-,24+,25-,26+,27+/m0/s1. The Balaban J connectivity index is 1.34. The maximum Gasteiger partial charge on any atom is 0.172 e. The van der Waals surface area contributed by atoms with Gasteiger partial charge in [-0.05, 0) is 49.9 Å². The number of hydrogen-bond donors (Lipinski definition) is 4. The molecular formula is C27H40O6. The fourth-order valence-corrected chi connectivity index (χ4v) is 9.52. The van der Waals surface area contributed by atoms with E-state index in [0.29, 0.717) is 25.4 Å². The monoisotopic (exact) mass is 460 g/mol. The lowest BCUT2D eigenvalue weighted by atomic mass is 9.45. The van der Waals surface area contributed by atoms with E-state index in [4.69, 9.17) is 9.47 Å². The van der Waals surface area contributed by atoms with Crippen molar-refractivity contribution in [1.82, 2.24) is 0 Å². The molecule has 0 aromatic rings. The fraction of sp³-hybridized carbons (Fsp3) is 0.852. The Morgan fingerprint density at radius 3 is 2.55 bits per heavy atom. The van der Waals surface area contributed by atoms with Crippen LogP contribution in [0, 0.1) is 40.4 Å². The quantitative estimate of drug-likeness (QED) is 0.415. The topological polar surface area (TPSA) is 99.4 Å². The van der Waals surface area contributed by atoms with Crippen molar-refractivity contribution >= 4 is 0 Å². The van der Waals surface area contributed by atoms with Gasteiger partial charge in [0, 0.05) is 29.1 Å². The number of rotatable bonds is 0. The molecule has 184 valence electrons. The van der Waals surface area contributed by atoms with Crippen molar-refractivity contribution < 1.29 is 29.9 Å². The van der Waals surface area contributed by atoms with Gasteiger partial charge in [0.2, 0.25) is 0 Å². The van der Waals surface area contributed by atoms with E-state index in [1.165, 1.54) is 0 Å². The Hall–Kier alpha value is -0.760. The average Bonchev–Trinajstić information content (AvgIpc) is 3.23. The minimum atomic E-state index is -1.15. The first-order chi connectivity index (χ1) is 15.5. The van der Waals surface area contributed by atoms with Gasteiger partial charge in [0.1, 0.15) is 6.10 Å². The smallest absolute Gasteiger partial charge is 0.172 e. The van der Waals surface area contributed by atoms with Gasteiger partial charge >= 0.3 is 0 Å². The van der Waals surface area contributed by atoms with Crippen LogP contribution in [-0.2, 0) is 9.47 Å². The van der Waals surface area contributed by atoms with Gasteiger partial charge in [0.25, 0.3) is 0 Å². The van der Waals surface area contributed by atoms with E-state index in [1.54, 1.807) is 0 Å². The Morgan fingerprint density at radius 2 is 1.85 bits per heavy atom. The van der Waals surface area contributed by atoms with Gasteiger partial charge < -0.3 is 29.9 Å². The third-order valence-electron chi connectivity index (χ3n) is 11.4. The summed E-state index contributed by atoms with van der Waals surface area (Å²) in [7, 11) is 0. The lowest BCUT2D eigenvalue weighted by molar-refractivity contribution is -0.257. The summed E-state index contributed by atoms with van der Waals surface area (Å²) in [6.07, 6.45) is 3.21. The van der Waals surface area contributed by atoms with Crippen LogP contribution in [0.5, 0.6) is 0 Å². The highest BCUT2D eigenvalue weighted by molar-refractivity contribution is 5.30. The van der Waals surface area contributed by atoms with E-state index in [9.17, 15) is 20.4 Å². The summed E-state index contributed by atoms with van der Waals surface area (Å²) >= 11 is 0. The number of fused-ring (bicyclic) bond motifs is 7. The Bertz CT molecular complexity index is 874. The summed E-state index contributed by atoms with van der Waals surface area (Å²) < 4.78 is 13.0. The molecule has 2 saturated heterocycles. The first-order valence-electron chi connectivity index (χ1n) is 12.9. The van der Waals surface area contributed by atoms with Crippen LogP contribution in [0.4, 0.5) is 0 Å². The molecule has 6 aliphatic rings. The SMILES string of the molecule is C=C1CC[C@@]2(OC1)O[C@H]1C[C@H]3[C@@H]4CC=C5C[C@@H](O)[C@H](O)[C@@H](O)[C@]5(C)[C@H]4C[C@@H](O)[C@]3(C)[C@H]1[C@@H]2C. The molecule has 4 N–H and O–H groups in total. The summed E-state index contributed by atoms with van der Waals surface area (Å²) in [4.78, 5) is 0. The van der Waals surface area contributed by atoms with Gasteiger partial charge in [-0.2, -0.15) is 0 Å². The second kappa shape index (κ2) is 7.14. The van der Waals surface area contributed by atoms with Crippen LogP contribution in [0.3, 0.4) is 0 Å². The molecule has 0 aromatic heterocycles. The van der Waals surface area contributed by atoms with Crippen LogP contribution >= 0.6 is 0 Å². The molecule has 4 aliphatic carbocycles. The summed E-state index contributed by atoms with van der Waals surface area (Å²) in [5.74, 6) is 0.525. The predicted octanol–water partition coefficient (Wildman–Crippen LogP) is 2.55. The molecule has 33 heavy (non-hydrogen) atoms. The van der Waals surface area contributed by atoms with Crippen LogP contribution in [0.25, 0.3) is 0 Å². The van der Waals surface area contributed by atoms with E-state index in [0.717, 1.165) is 36.8 Å². The molecule has 2 aliphatic heterocycles. The normalized spacial score (nSPS) is 60.1. The summed E-state index contributed by atoms with van der Waals surface area (Å²) in [6.45, 7) is 11.2. The zero-order valence-electron chi connectivity index (χ0n) is 20.1. The summed E-state index contributed by atoms with van der Waals surface area (Å²) in [6, 6.07) is 0.